The Morgan fingerprint density at radius 3 is 2.05 bits per heavy atom. The lowest BCUT2D eigenvalue weighted by Crippen LogP contribution is -2.12. The van der Waals surface area contributed by atoms with Crippen LogP contribution in [0, 0.1) is 5.92 Å². The topological polar surface area (TPSA) is 20.2 Å². The third-order valence-electron chi connectivity index (χ3n) is 5.02. The van der Waals surface area contributed by atoms with Gasteiger partial charge in [-0.3, -0.25) is 0 Å². The van der Waals surface area contributed by atoms with Crippen LogP contribution in [-0.4, -0.2) is 11.2 Å². The first-order valence-corrected chi connectivity index (χ1v) is 9.51. The molecule has 1 N–H and O–H groups in total. The van der Waals surface area contributed by atoms with Gasteiger partial charge in [0.1, 0.15) is 0 Å². The number of aliphatic hydroxyl groups excluding tert-OH is 1. The van der Waals surface area contributed by atoms with Crippen molar-refractivity contribution in [2.75, 3.05) is 0 Å². The molecule has 120 valence electrons. The maximum atomic E-state index is 10.1. The minimum atomic E-state index is -0.0167. The van der Waals surface area contributed by atoms with E-state index in [0.717, 1.165) is 18.8 Å². The number of rotatable bonds is 12. The van der Waals surface area contributed by atoms with E-state index in [-0.39, 0.29) is 6.10 Å². The predicted molar refractivity (Wildman–Crippen MR) is 89.0 cm³/mol. The van der Waals surface area contributed by atoms with Gasteiger partial charge in [-0.2, -0.15) is 0 Å². The SMILES string of the molecule is CCCCCCCCCCC(O)CCC1CCCCC1. The fourth-order valence-electron chi connectivity index (χ4n) is 3.56. The Morgan fingerprint density at radius 1 is 0.800 bits per heavy atom. The lowest BCUT2D eigenvalue weighted by molar-refractivity contribution is 0.137. The van der Waals surface area contributed by atoms with Crippen molar-refractivity contribution in [3.8, 4) is 0 Å². The van der Waals surface area contributed by atoms with Crippen LogP contribution in [0.5, 0.6) is 0 Å². The molecule has 20 heavy (non-hydrogen) atoms. The Hall–Kier alpha value is -0.0400. The van der Waals surface area contributed by atoms with Gasteiger partial charge in [0.15, 0.2) is 0 Å². The summed E-state index contributed by atoms with van der Waals surface area (Å²) in [5.74, 6) is 0.928. The molecule has 1 aliphatic carbocycles. The minimum Gasteiger partial charge on any atom is -0.393 e. The van der Waals surface area contributed by atoms with Crippen LogP contribution in [0.1, 0.15) is 110 Å². The van der Waals surface area contributed by atoms with Gasteiger partial charge >= 0.3 is 0 Å². The van der Waals surface area contributed by atoms with E-state index in [4.69, 9.17) is 0 Å². The first kappa shape index (κ1) is 18.0. The summed E-state index contributed by atoms with van der Waals surface area (Å²) in [4.78, 5) is 0. The summed E-state index contributed by atoms with van der Waals surface area (Å²) >= 11 is 0. The smallest absolute Gasteiger partial charge is 0.0540 e. The van der Waals surface area contributed by atoms with Crippen LogP contribution in [0.25, 0.3) is 0 Å². The van der Waals surface area contributed by atoms with E-state index in [1.165, 1.54) is 89.9 Å². The van der Waals surface area contributed by atoms with Crippen molar-refractivity contribution < 1.29 is 5.11 Å². The monoisotopic (exact) mass is 282 g/mol. The van der Waals surface area contributed by atoms with Crippen molar-refractivity contribution in [3.05, 3.63) is 0 Å². The van der Waals surface area contributed by atoms with Crippen molar-refractivity contribution in [2.45, 2.75) is 116 Å². The lowest BCUT2D eigenvalue weighted by Gasteiger charge is -2.22. The highest BCUT2D eigenvalue weighted by atomic mass is 16.3. The second-order valence-corrected chi connectivity index (χ2v) is 7.00. The van der Waals surface area contributed by atoms with Gasteiger partial charge in [0.05, 0.1) is 6.10 Å². The Morgan fingerprint density at radius 2 is 1.40 bits per heavy atom. The highest BCUT2D eigenvalue weighted by molar-refractivity contribution is 4.68. The van der Waals surface area contributed by atoms with E-state index in [1.54, 1.807) is 0 Å². The van der Waals surface area contributed by atoms with Gasteiger partial charge in [-0.25, -0.2) is 0 Å². The van der Waals surface area contributed by atoms with Crippen LogP contribution in [0.2, 0.25) is 0 Å². The predicted octanol–water partition coefficient (Wildman–Crippen LogP) is 6.24. The minimum absolute atomic E-state index is 0.0167. The molecule has 0 radical (unpaired) electrons. The van der Waals surface area contributed by atoms with Crippen LogP contribution in [-0.2, 0) is 0 Å². The maximum Gasteiger partial charge on any atom is 0.0540 e. The fraction of sp³-hybridized carbons (Fsp3) is 1.00. The molecule has 1 fully saturated rings. The van der Waals surface area contributed by atoms with Crippen molar-refractivity contribution in [1.29, 1.82) is 0 Å². The van der Waals surface area contributed by atoms with E-state index < -0.39 is 0 Å². The lowest BCUT2D eigenvalue weighted by atomic mass is 9.85. The highest BCUT2D eigenvalue weighted by Gasteiger charge is 2.14. The standard InChI is InChI=1S/C19H38O/c1-2-3-4-5-6-7-8-12-15-19(20)17-16-18-13-10-9-11-14-18/h18-20H,2-17H2,1H3. The molecule has 0 spiro atoms. The summed E-state index contributed by atoms with van der Waals surface area (Å²) in [6.45, 7) is 2.27. The molecule has 1 saturated carbocycles. The van der Waals surface area contributed by atoms with E-state index in [1.807, 2.05) is 0 Å². The van der Waals surface area contributed by atoms with Crippen molar-refractivity contribution in [3.63, 3.8) is 0 Å². The number of hydrogen-bond acceptors (Lipinski definition) is 1. The number of unbranched alkanes of at least 4 members (excludes halogenated alkanes) is 7. The van der Waals surface area contributed by atoms with Gasteiger partial charge in [0, 0.05) is 0 Å². The molecule has 0 aromatic rings. The molecule has 0 aliphatic heterocycles. The van der Waals surface area contributed by atoms with Crippen molar-refractivity contribution in [2.24, 2.45) is 5.92 Å². The molecule has 1 atom stereocenters. The maximum absolute atomic E-state index is 10.1. The van der Waals surface area contributed by atoms with Gasteiger partial charge < -0.3 is 5.11 Å². The Balaban J connectivity index is 1.83. The molecule has 1 rings (SSSR count). The molecule has 0 aromatic carbocycles. The van der Waals surface area contributed by atoms with E-state index >= 15 is 0 Å². The molecule has 0 aromatic heterocycles. The number of aliphatic hydroxyl groups is 1. The van der Waals surface area contributed by atoms with Gasteiger partial charge in [-0.05, 0) is 25.2 Å². The van der Waals surface area contributed by atoms with Gasteiger partial charge in [0.25, 0.3) is 0 Å². The fourth-order valence-corrected chi connectivity index (χ4v) is 3.56. The molecule has 1 nitrogen and oxygen atoms in total. The Labute approximate surface area is 127 Å². The summed E-state index contributed by atoms with van der Waals surface area (Å²) in [6.07, 6.45) is 21.4. The second kappa shape index (κ2) is 12.7. The molecular weight excluding hydrogens is 244 g/mol. The average Bonchev–Trinajstić information content (AvgIpc) is 2.49. The van der Waals surface area contributed by atoms with Crippen LogP contribution in [0.3, 0.4) is 0 Å². The molecule has 0 bridgehead atoms. The highest BCUT2D eigenvalue weighted by Crippen LogP contribution is 2.28. The second-order valence-electron chi connectivity index (χ2n) is 7.00. The molecule has 0 saturated heterocycles. The largest absolute Gasteiger partial charge is 0.393 e. The van der Waals surface area contributed by atoms with Gasteiger partial charge in [-0.1, -0.05) is 90.4 Å². The number of hydrogen-bond donors (Lipinski definition) is 1. The molecular formula is C19H38O. The summed E-state index contributed by atoms with van der Waals surface area (Å²) in [7, 11) is 0. The van der Waals surface area contributed by atoms with Gasteiger partial charge in [-0.15, -0.1) is 0 Å². The summed E-state index contributed by atoms with van der Waals surface area (Å²) < 4.78 is 0. The van der Waals surface area contributed by atoms with Crippen LogP contribution >= 0.6 is 0 Å². The molecule has 0 amide bonds. The van der Waals surface area contributed by atoms with Crippen LogP contribution < -0.4 is 0 Å². The van der Waals surface area contributed by atoms with Gasteiger partial charge in [0.2, 0.25) is 0 Å². The quantitative estimate of drug-likeness (QED) is 0.420. The Bertz CT molecular complexity index is 196. The average molecular weight is 283 g/mol. The molecule has 1 unspecified atom stereocenters. The van der Waals surface area contributed by atoms with Crippen molar-refractivity contribution >= 4 is 0 Å². The zero-order valence-electron chi connectivity index (χ0n) is 13.9. The molecule has 0 heterocycles. The molecule has 1 aliphatic rings. The summed E-state index contributed by atoms with van der Waals surface area (Å²) in [6, 6.07) is 0. The van der Waals surface area contributed by atoms with E-state index in [9.17, 15) is 5.11 Å². The summed E-state index contributed by atoms with van der Waals surface area (Å²) in [5.41, 5.74) is 0. The van der Waals surface area contributed by atoms with E-state index in [2.05, 4.69) is 6.92 Å². The first-order valence-electron chi connectivity index (χ1n) is 9.51. The van der Waals surface area contributed by atoms with Crippen LogP contribution in [0.15, 0.2) is 0 Å². The Kier molecular flexibility index (Phi) is 11.4. The molecule has 1 heteroatoms. The first-order chi connectivity index (χ1) is 9.83. The van der Waals surface area contributed by atoms with Crippen LogP contribution in [0.4, 0.5) is 0 Å². The third kappa shape index (κ3) is 9.80. The van der Waals surface area contributed by atoms with Crippen molar-refractivity contribution in [1.82, 2.24) is 0 Å². The zero-order valence-corrected chi connectivity index (χ0v) is 13.9. The van der Waals surface area contributed by atoms with E-state index in [0.29, 0.717) is 0 Å². The normalized spacial score (nSPS) is 18.3. The zero-order chi connectivity index (χ0) is 14.5. The third-order valence-corrected chi connectivity index (χ3v) is 5.02. The summed E-state index contributed by atoms with van der Waals surface area (Å²) in [5, 5.41) is 10.1.